The first-order chi connectivity index (χ1) is 10.3. The highest BCUT2D eigenvalue weighted by atomic mass is 35.5. The molecule has 1 heterocycles. The number of thiophene rings is 1. The maximum Gasteiger partial charge on any atom is 0.0928 e. The van der Waals surface area contributed by atoms with E-state index in [1.165, 1.54) is 67.4 Å². The van der Waals surface area contributed by atoms with E-state index >= 15 is 0 Å². The van der Waals surface area contributed by atoms with Crippen molar-refractivity contribution in [2.45, 2.75) is 56.7 Å². The third-order valence-electron chi connectivity index (χ3n) is 4.93. The number of hydrogen-bond acceptors (Lipinski definition) is 1. The minimum absolute atomic E-state index is 0.0350. The normalized spacial score (nSPS) is 18.9. The van der Waals surface area contributed by atoms with Crippen molar-refractivity contribution in [3.63, 3.8) is 0 Å². The van der Waals surface area contributed by atoms with Crippen LogP contribution in [0, 0.1) is 0 Å². The lowest BCUT2D eigenvalue weighted by Crippen LogP contribution is -2.04. The van der Waals surface area contributed by atoms with Crippen LogP contribution in [0.15, 0.2) is 24.3 Å². The monoisotopic (exact) mass is 316 g/mol. The Labute approximate surface area is 136 Å². The van der Waals surface area contributed by atoms with Crippen molar-refractivity contribution in [2.24, 2.45) is 0 Å². The molecular formula is C19H21ClS. The van der Waals surface area contributed by atoms with Gasteiger partial charge in [-0.1, -0.05) is 18.2 Å². The first kappa shape index (κ1) is 13.8. The van der Waals surface area contributed by atoms with Gasteiger partial charge < -0.3 is 0 Å². The summed E-state index contributed by atoms with van der Waals surface area (Å²) in [4.78, 5) is 2.93. The fourth-order valence-electron chi connectivity index (χ4n) is 3.71. The third kappa shape index (κ3) is 2.66. The van der Waals surface area contributed by atoms with Gasteiger partial charge in [0.1, 0.15) is 0 Å². The van der Waals surface area contributed by atoms with Gasteiger partial charge in [-0.3, -0.25) is 0 Å². The minimum atomic E-state index is 0.0350. The van der Waals surface area contributed by atoms with Gasteiger partial charge in [-0.2, -0.15) is 0 Å². The molecule has 2 aromatic rings. The van der Waals surface area contributed by atoms with E-state index in [4.69, 9.17) is 11.6 Å². The first-order valence-corrected chi connectivity index (χ1v) is 9.44. The van der Waals surface area contributed by atoms with Crippen molar-refractivity contribution in [1.29, 1.82) is 0 Å². The molecule has 0 radical (unpaired) electrons. The van der Waals surface area contributed by atoms with E-state index in [9.17, 15) is 0 Å². The second kappa shape index (κ2) is 5.78. The first-order valence-electron chi connectivity index (χ1n) is 8.18. The molecule has 110 valence electrons. The van der Waals surface area contributed by atoms with Gasteiger partial charge >= 0.3 is 0 Å². The van der Waals surface area contributed by atoms with Crippen LogP contribution in [-0.2, 0) is 25.7 Å². The van der Waals surface area contributed by atoms with Gasteiger partial charge in [0.2, 0.25) is 0 Å². The molecule has 0 saturated carbocycles. The van der Waals surface area contributed by atoms with Crippen LogP contribution in [0.2, 0.25) is 0 Å². The molecule has 21 heavy (non-hydrogen) atoms. The maximum absolute atomic E-state index is 6.80. The lowest BCUT2D eigenvalue weighted by Gasteiger charge is -2.18. The quantitative estimate of drug-likeness (QED) is 0.611. The zero-order valence-corrected chi connectivity index (χ0v) is 13.9. The molecule has 0 nitrogen and oxygen atoms in total. The molecule has 0 bridgehead atoms. The lowest BCUT2D eigenvalue weighted by atomic mass is 9.89. The minimum Gasteiger partial charge on any atom is -0.143 e. The zero-order valence-electron chi connectivity index (χ0n) is 12.3. The smallest absolute Gasteiger partial charge is 0.0928 e. The van der Waals surface area contributed by atoms with Crippen LogP contribution >= 0.6 is 22.9 Å². The summed E-state index contributed by atoms with van der Waals surface area (Å²) in [5.74, 6) is 0. The summed E-state index contributed by atoms with van der Waals surface area (Å²) in [6, 6.07) is 9.30. The van der Waals surface area contributed by atoms with Crippen LogP contribution < -0.4 is 0 Å². The SMILES string of the molecule is ClC(c1ccc2c(c1)CCCC2)c1cc2c(s1)CCCC2. The molecule has 0 spiro atoms. The molecule has 0 fully saturated rings. The molecule has 1 unspecified atom stereocenters. The van der Waals surface area contributed by atoms with Gasteiger partial charge in [0.25, 0.3) is 0 Å². The van der Waals surface area contributed by atoms with Crippen LogP contribution in [0.4, 0.5) is 0 Å². The zero-order chi connectivity index (χ0) is 14.2. The third-order valence-corrected chi connectivity index (χ3v) is 6.85. The highest BCUT2D eigenvalue weighted by molar-refractivity contribution is 7.12. The Morgan fingerprint density at radius 3 is 2.33 bits per heavy atom. The molecule has 2 aliphatic rings. The van der Waals surface area contributed by atoms with Crippen LogP contribution in [0.1, 0.15) is 63.1 Å². The van der Waals surface area contributed by atoms with Gasteiger partial charge in [0, 0.05) is 9.75 Å². The van der Waals surface area contributed by atoms with Gasteiger partial charge in [-0.15, -0.1) is 22.9 Å². The lowest BCUT2D eigenvalue weighted by molar-refractivity contribution is 0.684. The second-order valence-electron chi connectivity index (χ2n) is 6.40. The van der Waals surface area contributed by atoms with Crippen molar-refractivity contribution >= 4 is 22.9 Å². The average molecular weight is 317 g/mol. The Kier molecular flexibility index (Phi) is 3.81. The van der Waals surface area contributed by atoms with Gasteiger partial charge in [-0.25, -0.2) is 0 Å². The summed E-state index contributed by atoms with van der Waals surface area (Å²) in [5, 5.41) is 0.0350. The van der Waals surface area contributed by atoms with Crippen LogP contribution in [0.3, 0.4) is 0 Å². The number of rotatable bonds is 2. The molecule has 2 aliphatic carbocycles. The predicted molar refractivity (Wildman–Crippen MR) is 91.7 cm³/mol. The van der Waals surface area contributed by atoms with E-state index in [1.807, 2.05) is 11.3 Å². The largest absolute Gasteiger partial charge is 0.143 e. The molecule has 0 aliphatic heterocycles. The molecule has 1 aromatic heterocycles. The van der Waals surface area contributed by atoms with E-state index in [-0.39, 0.29) is 5.38 Å². The number of benzene rings is 1. The van der Waals surface area contributed by atoms with Crippen molar-refractivity contribution in [2.75, 3.05) is 0 Å². The highest BCUT2D eigenvalue weighted by Gasteiger charge is 2.20. The Morgan fingerprint density at radius 1 is 0.810 bits per heavy atom. The molecular weight excluding hydrogens is 296 g/mol. The Balaban J connectivity index is 1.64. The number of fused-ring (bicyclic) bond motifs is 2. The van der Waals surface area contributed by atoms with Crippen LogP contribution in [0.5, 0.6) is 0 Å². The standard InChI is InChI=1S/C19H21ClS/c20-19(18-12-15-7-3-4-8-17(15)21-18)16-10-9-13-5-1-2-6-14(13)11-16/h9-12,19H,1-8H2. The topological polar surface area (TPSA) is 0 Å². The average Bonchev–Trinajstić information content (AvgIpc) is 2.97. The molecule has 1 atom stereocenters. The molecule has 0 saturated heterocycles. The van der Waals surface area contributed by atoms with E-state index in [1.54, 1.807) is 16.0 Å². The molecule has 4 rings (SSSR count). The van der Waals surface area contributed by atoms with Crippen molar-refractivity contribution < 1.29 is 0 Å². The van der Waals surface area contributed by atoms with Crippen molar-refractivity contribution in [3.8, 4) is 0 Å². The van der Waals surface area contributed by atoms with E-state index in [0.717, 1.165) is 0 Å². The fraction of sp³-hybridized carbons (Fsp3) is 0.474. The summed E-state index contributed by atoms with van der Waals surface area (Å²) >= 11 is 8.75. The van der Waals surface area contributed by atoms with Gasteiger partial charge in [0.05, 0.1) is 5.38 Å². The fourth-order valence-corrected chi connectivity index (χ4v) is 5.31. The number of alkyl halides is 1. The molecule has 1 aromatic carbocycles. The summed E-state index contributed by atoms with van der Waals surface area (Å²) < 4.78 is 0. The summed E-state index contributed by atoms with van der Waals surface area (Å²) in [6.45, 7) is 0. The Morgan fingerprint density at radius 2 is 1.52 bits per heavy atom. The van der Waals surface area contributed by atoms with E-state index < -0.39 is 0 Å². The highest BCUT2D eigenvalue weighted by Crippen LogP contribution is 2.39. The maximum atomic E-state index is 6.80. The molecule has 2 heteroatoms. The van der Waals surface area contributed by atoms with Crippen LogP contribution in [-0.4, -0.2) is 0 Å². The number of hydrogen-bond donors (Lipinski definition) is 0. The van der Waals surface area contributed by atoms with Crippen molar-refractivity contribution in [3.05, 3.63) is 56.3 Å². The predicted octanol–water partition coefficient (Wildman–Crippen LogP) is 5.83. The van der Waals surface area contributed by atoms with E-state index in [0.29, 0.717) is 0 Å². The Bertz CT molecular complexity index is 632. The summed E-state index contributed by atoms with van der Waals surface area (Å²) in [5.41, 5.74) is 5.92. The summed E-state index contributed by atoms with van der Waals surface area (Å²) in [6.07, 6.45) is 10.3. The van der Waals surface area contributed by atoms with E-state index in [2.05, 4.69) is 24.3 Å². The van der Waals surface area contributed by atoms with Gasteiger partial charge in [-0.05, 0) is 79.7 Å². The molecule has 0 amide bonds. The Hall–Kier alpha value is -0.790. The van der Waals surface area contributed by atoms with Gasteiger partial charge in [0.15, 0.2) is 0 Å². The summed E-state index contributed by atoms with van der Waals surface area (Å²) in [7, 11) is 0. The molecule has 0 N–H and O–H groups in total. The number of halogens is 1. The number of aryl methyl sites for hydroxylation is 4. The van der Waals surface area contributed by atoms with Crippen molar-refractivity contribution in [1.82, 2.24) is 0 Å². The van der Waals surface area contributed by atoms with Crippen LogP contribution in [0.25, 0.3) is 0 Å². The second-order valence-corrected chi connectivity index (χ2v) is 8.01.